The van der Waals surface area contributed by atoms with Crippen molar-refractivity contribution in [3.05, 3.63) is 42.9 Å². The lowest BCUT2D eigenvalue weighted by Gasteiger charge is -2.45. The molecule has 14 heteroatoms. The molecule has 11 nitrogen and oxygen atoms in total. The molecule has 1 atom stereocenters. The molecular formula is C27H29F3N8O3. The molecule has 1 saturated heterocycles. The zero-order valence-electron chi connectivity index (χ0n) is 23.1. The smallest absolute Gasteiger partial charge is 0.410 e. The number of hydrogen-bond acceptors (Lipinski definition) is 7. The SMILES string of the molecule is COc1ccc(-c2cc(-c3ccnn3C(C)C(F)(F)F)c3c(N)ncnn23)cc1N1CCN(C(C)=O)C(C)(C)C1=O. The first kappa shape index (κ1) is 27.9. The molecule has 3 aromatic heterocycles. The van der Waals surface area contributed by atoms with Crippen molar-refractivity contribution in [2.24, 2.45) is 0 Å². The predicted molar refractivity (Wildman–Crippen MR) is 145 cm³/mol. The summed E-state index contributed by atoms with van der Waals surface area (Å²) < 4.78 is 48.9. The largest absolute Gasteiger partial charge is 0.495 e. The number of nitrogens with two attached hydrogens (primary N) is 1. The van der Waals surface area contributed by atoms with E-state index in [1.807, 2.05) is 0 Å². The van der Waals surface area contributed by atoms with Crippen LogP contribution in [0, 0.1) is 0 Å². The second-order valence-electron chi connectivity index (χ2n) is 10.3. The van der Waals surface area contributed by atoms with Crippen molar-refractivity contribution in [1.29, 1.82) is 0 Å². The van der Waals surface area contributed by atoms with Gasteiger partial charge in [-0.15, -0.1) is 0 Å². The van der Waals surface area contributed by atoms with E-state index in [1.54, 1.807) is 43.0 Å². The fourth-order valence-electron chi connectivity index (χ4n) is 5.31. The van der Waals surface area contributed by atoms with Gasteiger partial charge >= 0.3 is 6.18 Å². The third kappa shape index (κ3) is 4.52. The second-order valence-corrected chi connectivity index (χ2v) is 10.3. The van der Waals surface area contributed by atoms with Crippen LogP contribution < -0.4 is 15.4 Å². The van der Waals surface area contributed by atoms with E-state index >= 15 is 0 Å². The van der Waals surface area contributed by atoms with Crippen molar-refractivity contribution < 1.29 is 27.5 Å². The summed E-state index contributed by atoms with van der Waals surface area (Å²) in [4.78, 5) is 32.9. The van der Waals surface area contributed by atoms with E-state index in [9.17, 15) is 22.8 Å². The first-order valence-corrected chi connectivity index (χ1v) is 12.8. The minimum atomic E-state index is -4.53. The minimum Gasteiger partial charge on any atom is -0.495 e. The Kier molecular flexibility index (Phi) is 6.66. The maximum absolute atomic E-state index is 13.6. The number of methoxy groups -OCH3 is 1. The Morgan fingerprint density at radius 3 is 2.51 bits per heavy atom. The van der Waals surface area contributed by atoms with E-state index in [0.717, 1.165) is 11.6 Å². The van der Waals surface area contributed by atoms with Crippen molar-refractivity contribution in [3.8, 4) is 28.3 Å². The number of nitrogens with zero attached hydrogens (tertiary/aromatic N) is 7. The van der Waals surface area contributed by atoms with Crippen LogP contribution in [0.25, 0.3) is 28.0 Å². The van der Waals surface area contributed by atoms with Crippen molar-refractivity contribution >= 4 is 28.8 Å². The zero-order chi connectivity index (χ0) is 29.9. The van der Waals surface area contributed by atoms with Gasteiger partial charge in [-0.05, 0) is 51.1 Å². The van der Waals surface area contributed by atoms with Crippen molar-refractivity contribution in [1.82, 2.24) is 29.3 Å². The highest BCUT2D eigenvalue weighted by Crippen LogP contribution is 2.41. The average molecular weight is 571 g/mol. The standard InChI is InChI=1S/C27H29F3N8O3/c1-15(27(28,29)30)37-19(8-9-33-37)18-13-20(38-23(18)24(31)32-14-34-38)17-6-7-22(41-5)21(12-17)35-10-11-36(16(2)39)26(3,4)25(35)40/h6-9,12-15H,10-11H2,1-5H3,(H2,31,32,34). The van der Waals surface area contributed by atoms with E-state index in [4.69, 9.17) is 10.5 Å². The topological polar surface area (TPSA) is 124 Å². The molecule has 2 N–H and O–H groups in total. The summed E-state index contributed by atoms with van der Waals surface area (Å²) in [6.45, 7) is 6.40. The molecule has 0 saturated carbocycles. The maximum Gasteiger partial charge on any atom is 0.410 e. The number of rotatable bonds is 5. The zero-order valence-corrected chi connectivity index (χ0v) is 23.1. The Hall–Kier alpha value is -4.62. The maximum atomic E-state index is 13.6. The van der Waals surface area contributed by atoms with E-state index < -0.39 is 17.8 Å². The molecule has 0 spiro atoms. The molecule has 1 aromatic carbocycles. The van der Waals surface area contributed by atoms with E-state index in [1.165, 1.54) is 42.0 Å². The predicted octanol–water partition coefficient (Wildman–Crippen LogP) is 3.95. The van der Waals surface area contributed by atoms with Crippen LogP contribution in [-0.4, -0.2) is 73.0 Å². The van der Waals surface area contributed by atoms with Gasteiger partial charge in [0.2, 0.25) is 5.91 Å². The van der Waals surface area contributed by atoms with E-state index in [2.05, 4.69) is 15.2 Å². The average Bonchev–Trinajstić information content (AvgIpc) is 3.54. The van der Waals surface area contributed by atoms with Gasteiger partial charge in [0.15, 0.2) is 5.82 Å². The number of nitrogen functional groups attached to an aromatic ring is 1. The number of hydrogen-bond donors (Lipinski definition) is 1. The van der Waals surface area contributed by atoms with Gasteiger partial charge in [-0.3, -0.25) is 14.3 Å². The summed E-state index contributed by atoms with van der Waals surface area (Å²) in [6, 6.07) is 6.44. The number of ether oxygens (including phenoxy) is 1. The molecule has 5 rings (SSSR count). The highest BCUT2D eigenvalue weighted by atomic mass is 19.4. The van der Waals surface area contributed by atoms with Gasteiger partial charge in [0, 0.05) is 37.3 Å². The van der Waals surface area contributed by atoms with Crippen LogP contribution in [0.4, 0.5) is 24.7 Å². The number of halogens is 3. The molecule has 216 valence electrons. The molecule has 0 radical (unpaired) electrons. The van der Waals surface area contributed by atoms with E-state index in [0.29, 0.717) is 40.3 Å². The highest BCUT2D eigenvalue weighted by Gasteiger charge is 2.44. The number of piperazine rings is 1. The molecule has 1 unspecified atom stereocenters. The molecule has 41 heavy (non-hydrogen) atoms. The number of anilines is 2. The first-order chi connectivity index (χ1) is 19.3. The molecule has 4 heterocycles. The van der Waals surface area contributed by atoms with Gasteiger partial charge in [-0.1, -0.05) is 0 Å². The number of benzene rings is 1. The molecule has 1 aliphatic rings. The summed E-state index contributed by atoms with van der Waals surface area (Å²) >= 11 is 0. The highest BCUT2D eigenvalue weighted by molar-refractivity contribution is 6.04. The normalized spacial score (nSPS) is 16.3. The first-order valence-electron chi connectivity index (χ1n) is 12.8. The number of amides is 2. The second kappa shape index (κ2) is 9.78. The van der Waals surface area contributed by atoms with Crippen LogP contribution in [0.3, 0.4) is 0 Å². The van der Waals surface area contributed by atoms with Crippen LogP contribution >= 0.6 is 0 Å². The lowest BCUT2D eigenvalue weighted by Crippen LogP contribution is -2.64. The molecule has 2 amide bonds. The Labute approximate surface area is 233 Å². The Balaban J connectivity index is 1.67. The summed E-state index contributed by atoms with van der Waals surface area (Å²) in [6.07, 6.45) is -1.98. The lowest BCUT2D eigenvalue weighted by molar-refractivity contribution is -0.165. The lowest BCUT2D eigenvalue weighted by atomic mass is 9.96. The van der Waals surface area contributed by atoms with Gasteiger partial charge in [0.25, 0.3) is 5.91 Å². The molecule has 1 fully saturated rings. The summed E-state index contributed by atoms with van der Waals surface area (Å²) in [5.41, 5.74) is 7.54. The third-order valence-electron chi connectivity index (χ3n) is 7.51. The van der Waals surface area contributed by atoms with Gasteiger partial charge in [0.1, 0.15) is 29.2 Å². The summed E-state index contributed by atoms with van der Waals surface area (Å²) in [7, 11) is 1.49. The fraction of sp³-hybridized carbons (Fsp3) is 0.370. The van der Waals surface area contributed by atoms with Gasteiger partial charge in [-0.2, -0.15) is 23.4 Å². The van der Waals surface area contributed by atoms with Crippen LogP contribution in [-0.2, 0) is 9.59 Å². The number of alkyl halides is 3. The quantitative estimate of drug-likeness (QED) is 0.385. The van der Waals surface area contributed by atoms with Gasteiger partial charge in [0.05, 0.1) is 24.2 Å². The van der Waals surface area contributed by atoms with Gasteiger partial charge in [-0.25, -0.2) is 9.50 Å². The number of carbonyl (C=O) groups excluding carboxylic acids is 2. The van der Waals surface area contributed by atoms with Crippen LogP contribution in [0.1, 0.15) is 33.7 Å². The molecule has 4 aromatic rings. The van der Waals surface area contributed by atoms with Crippen LogP contribution in [0.5, 0.6) is 5.75 Å². The van der Waals surface area contributed by atoms with Crippen molar-refractivity contribution in [2.45, 2.75) is 45.5 Å². The molecular weight excluding hydrogens is 541 g/mol. The van der Waals surface area contributed by atoms with E-state index in [-0.39, 0.29) is 29.9 Å². The number of fused-ring (bicyclic) bond motifs is 1. The van der Waals surface area contributed by atoms with Crippen LogP contribution in [0.15, 0.2) is 42.9 Å². The Morgan fingerprint density at radius 2 is 1.85 bits per heavy atom. The van der Waals surface area contributed by atoms with Crippen molar-refractivity contribution in [3.63, 3.8) is 0 Å². The number of aromatic nitrogens is 5. The summed E-state index contributed by atoms with van der Waals surface area (Å²) in [5, 5.41) is 8.27. The third-order valence-corrected chi connectivity index (χ3v) is 7.51. The molecule has 0 bridgehead atoms. The Morgan fingerprint density at radius 1 is 1.12 bits per heavy atom. The Bertz CT molecular complexity index is 1660. The molecule has 1 aliphatic heterocycles. The summed E-state index contributed by atoms with van der Waals surface area (Å²) in [5.74, 6) is 0.0140. The minimum absolute atomic E-state index is 0.0691. The van der Waals surface area contributed by atoms with Crippen molar-refractivity contribution in [2.75, 3.05) is 30.8 Å². The fourth-order valence-corrected chi connectivity index (χ4v) is 5.31. The number of carbonyl (C=O) groups is 2. The molecule has 0 aliphatic carbocycles. The monoisotopic (exact) mass is 570 g/mol. The van der Waals surface area contributed by atoms with Gasteiger partial charge < -0.3 is 20.3 Å². The van der Waals surface area contributed by atoms with Crippen LogP contribution in [0.2, 0.25) is 0 Å².